The van der Waals surface area contributed by atoms with Crippen LogP contribution in [-0.4, -0.2) is 24.0 Å². The zero-order chi connectivity index (χ0) is 9.56. The van der Waals surface area contributed by atoms with Crippen molar-refractivity contribution in [3.63, 3.8) is 0 Å². The fourth-order valence-corrected chi connectivity index (χ4v) is 0.859. The van der Waals surface area contributed by atoms with E-state index in [0.717, 1.165) is 6.42 Å². The Bertz CT molecular complexity index is 143. The van der Waals surface area contributed by atoms with Gasteiger partial charge >= 0.3 is 0 Å². The van der Waals surface area contributed by atoms with Crippen molar-refractivity contribution in [1.29, 1.82) is 0 Å². The number of hydrogen-bond donors (Lipinski definition) is 1. The minimum absolute atomic E-state index is 0.343. The Balaban J connectivity index is 4.19. The Labute approximate surface area is 73.0 Å². The van der Waals surface area contributed by atoms with Gasteiger partial charge in [-0.25, -0.2) is 4.39 Å². The van der Waals surface area contributed by atoms with Gasteiger partial charge in [-0.1, -0.05) is 6.92 Å². The van der Waals surface area contributed by atoms with E-state index in [1.54, 1.807) is 13.0 Å². The highest BCUT2D eigenvalue weighted by atomic mass is 19.1. The van der Waals surface area contributed by atoms with Crippen molar-refractivity contribution in [2.45, 2.75) is 39.5 Å². The molecule has 0 spiro atoms. The second kappa shape index (κ2) is 6.00. The van der Waals surface area contributed by atoms with Crippen LogP contribution in [0.15, 0.2) is 11.8 Å². The second-order valence-electron chi connectivity index (χ2n) is 2.57. The first-order chi connectivity index (χ1) is 5.63. The normalized spacial score (nSPS) is 17.2. The highest BCUT2D eigenvalue weighted by Gasteiger charge is 2.18. The van der Waals surface area contributed by atoms with Crippen LogP contribution in [0.3, 0.4) is 0 Å². The minimum atomic E-state index is -1.28. The van der Waals surface area contributed by atoms with E-state index < -0.39 is 12.3 Å². The van der Waals surface area contributed by atoms with Crippen molar-refractivity contribution in [1.82, 2.24) is 0 Å². The molecule has 0 heterocycles. The van der Waals surface area contributed by atoms with Crippen LogP contribution in [0.5, 0.6) is 0 Å². The summed E-state index contributed by atoms with van der Waals surface area (Å²) in [7, 11) is 0. The van der Waals surface area contributed by atoms with E-state index in [-0.39, 0.29) is 0 Å². The topological polar surface area (TPSA) is 29.5 Å². The molecule has 0 amide bonds. The van der Waals surface area contributed by atoms with Gasteiger partial charge in [-0.3, -0.25) is 0 Å². The Morgan fingerprint density at radius 2 is 2.17 bits per heavy atom. The van der Waals surface area contributed by atoms with Gasteiger partial charge in [0.15, 0.2) is 0 Å². The van der Waals surface area contributed by atoms with Crippen molar-refractivity contribution in [3.8, 4) is 0 Å². The molecule has 0 aromatic rings. The molecule has 2 atom stereocenters. The molecule has 0 aliphatic heterocycles. The molecule has 0 bridgehead atoms. The van der Waals surface area contributed by atoms with Crippen LogP contribution in [0.4, 0.5) is 4.39 Å². The molecule has 12 heavy (non-hydrogen) atoms. The van der Waals surface area contributed by atoms with Crippen LogP contribution < -0.4 is 0 Å². The summed E-state index contributed by atoms with van der Waals surface area (Å²) in [5.74, 6) is 0.343. The maximum atomic E-state index is 12.6. The van der Waals surface area contributed by atoms with Crippen LogP contribution in [0.2, 0.25) is 0 Å². The van der Waals surface area contributed by atoms with Gasteiger partial charge in [-0.2, -0.15) is 0 Å². The molecule has 0 saturated heterocycles. The number of halogens is 1. The third kappa shape index (κ3) is 3.72. The molecular formula is C9H17FO2. The van der Waals surface area contributed by atoms with E-state index in [4.69, 9.17) is 4.74 Å². The molecule has 0 aromatic carbocycles. The first-order valence-electron chi connectivity index (χ1n) is 4.28. The van der Waals surface area contributed by atoms with Crippen LogP contribution in [0, 0.1) is 0 Å². The first-order valence-corrected chi connectivity index (χ1v) is 4.28. The van der Waals surface area contributed by atoms with Gasteiger partial charge < -0.3 is 9.84 Å². The summed E-state index contributed by atoms with van der Waals surface area (Å²) in [6.07, 6.45) is 0.0304. The molecule has 0 aliphatic carbocycles. The molecule has 2 unspecified atom stereocenters. The van der Waals surface area contributed by atoms with Crippen molar-refractivity contribution in [3.05, 3.63) is 11.8 Å². The molecule has 2 nitrogen and oxygen atoms in total. The van der Waals surface area contributed by atoms with E-state index in [1.807, 2.05) is 6.92 Å². The molecule has 0 fully saturated rings. The van der Waals surface area contributed by atoms with E-state index >= 15 is 0 Å². The van der Waals surface area contributed by atoms with Crippen LogP contribution in [-0.2, 0) is 4.74 Å². The number of rotatable bonds is 5. The van der Waals surface area contributed by atoms with Gasteiger partial charge in [0.2, 0.25) is 0 Å². The van der Waals surface area contributed by atoms with Crippen molar-refractivity contribution >= 4 is 0 Å². The van der Waals surface area contributed by atoms with Crippen molar-refractivity contribution < 1.29 is 14.2 Å². The Kier molecular flexibility index (Phi) is 5.72. The summed E-state index contributed by atoms with van der Waals surface area (Å²) < 4.78 is 17.7. The highest BCUT2D eigenvalue weighted by Crippen LogP contribution is 2.11. The lowest BCUT2D eigenvalue weighted by Crippen LogP contribution is -2.22. The second-order valence-corrected chi connectivity index (χ2v) is 2.57. The maximum absolute atomic E-state index is 12.6. The predicted octanol–water partition coefficient (Wildman–Crippen LogP) is 2.04. The van der Waals surface area contributed by atoms with E-state index in [9.17, 15) is 9.50 Å². The van der Waals surface area contributed by atoms with Crippen LogP contribution in [0.1, 0.15) is 27.2 Å². The molecule has 0 aromatic heterocycles. The Morgan fingerprint density at radius 3 is 2.50 bits per heavy atom. The van der Waals surface area contributed by atoms with Crippen molar-refractivity contribution in [2.75, 3.05) is 6.61 Å². The van der Waals surface area contributed by atoms with Crippen LogP contribution in [0.25, 0.3) is 0 Å². The number of allylic oxidation sites excluding steroid dienone is 1. The monoisotopic (exact) mass is 176 g/mol. The lowest BCUT2D eigenvalue weighted by Gasteiger charge is -2.16. The summed E-state index contributed by atoms with van der Waals surface area (Å²) in [6.45, 7) is 5.48. The largest absolute Gasteiger partial charge is 0.496 e. The van der Waals surface area contributed by atoms with Gasteiger partial charge in [-0.15, -0.1) is 0 Å². The van der Waals surface area contributed by atoms with Gasteiger partial charge in [0.25, 0.3) is 0 Å². The molecule has 1 N–H and O–H groups in total. The van der Waals surface area contributed by atoms with Gasteiger partial charge in [-0.05, 0) is 26.3 Å². The Hall–Kier alpha value is -0.570. The first kappa shape index (κ1) is 11.4. The van der Waals surface area contributed by atoms with Gasteiger partial charge in [0, 0.05) is 0 Å². The molecular weight excluding hydrogens is 159 g/mol. The zero-order valence-electron chi connectivity index (χ0n) is 7.88. The standard InChI is InChI=1S/C9H17FO2/c1-4-6-8(12-5-2)9(11)7(3)10/h6-7,9,11H,4-5H2,1-3H3/b8-6-. The summed E-state index contributed by atoms with van der Waals surface area (Å²) in [6, 6.07) is 0. The smallest absolute Gasteiger partial charge is 0.141 e. The fourth-order valence-electron chi connectivity index (χ4n) is 0.859. The molecule has 0 rings (SSSR count). The lowest BCUT2D eigenvalue weighted by molar-refractivity contribution is 0.0545. The lowest BCUT2D eigenvalue weighted by atomic mass is 10.2. The number of hydrogen-bond acceptors (Lipinski definition) is 2. The molecule has 72 valence electrons. The molecule has 3 heteroatoms. The summed E-state index contributed by atoms with van der Waals surface area (Å²) >= 11 is 0. The third-order valence-electron chi connectivity index (χ3n) is 1.44. The minimum Gasteiger partial charge on any atom is -0.496 e. The maximum Gasteiger partial charge on any atom is 0.141 e. The molecule has 0 saturated carbocycles. The van der Waals surface area contributed by atoms with E-state index in [0.29, 0.717) is 12.4 Å². The van der Waals surface area contributed by atoms with E-state index in [2.05, 4.69) is 0 Å². The van der Waals surface area contributed by atoms with Crippen molar-refractivity contribution in [2.24, 2.45) is 0 Å². The molecule has 0 radical (unpaired) electrons. The summed E-state index contributed by atoms with van der Waals surface area (Å²) in [4.78, 5) is 0. The fraction of sp³-hybridized carbons (Fsp3) is 0.778. The zero-order valence-corrected chi connectivity index (χ0v) is 7.88. The number of ether oxygens (including phenoxy) is 1. The van der Waals surface area contributed by atoms with E-state index in [1.165, 1.54) is 6.92 Å². The SMILES string of the molecule is CC/C=C(\OCC)C(O)C(C)F. The highest BCUT2D eigenvalue weighted by molar-refractivity contribution is 5.01. The number of aliphatic hydroxyl groups is 1. The van der Waals surface area contributed by atoms with Gasteiger partial charge in [0.05, 0.1) is 6.61 Å². The Morgan fingerprint density at radius 1 is 1.58 bits per heavy atom. The van der Waals surface area contributed by atoms with Gasteiger partial charge in [0.1, 0.15) is 18.0 Å². The third-order valence-corrected chi connectivity index (χ3v) is 1.44. The summed E-state index contributed by atoms with van der Waals surface area (Å²) in [5.41, 5.74) is 0. The summed E-state index contributed by atoms with van der Waals surface area (Å²) in [5, 5.41) is 9.28. The molecule has 0 aliphatic rings. The predicted molar refractivity (Wildman–Crippen MR) is 46.6 cm³/mol. The number of aliphatic hydroxyl groups excluding tert-OH is 1. The average Bonchev–Trinajstić information content (AvgIpc) is 2.03. The van der Waals surface area contributed by atoms with Crippen LogP contribution >= 0.6 is 0 Å². The average molecular weight is 176 g/mol. The quantitative estimate of drug-likeness (QED) is 0.649. The number of alkyl halides is 1.